The largest absolute Gasteiger partial charge is 0.496 e. The molecule has 4 heteroatoms. The number of hydrogen-bond acceptors (Lipinski definition) is 3. The van der Waals surface area contributed by atoms with Crippen LogP contribution in [0.3, 0.4) is 0 Å². The number of halogens is 1. The molecule has 2 aromatic carbocycles. The molecule has 19 heavy (non-hydrogen) atoms. The Balaban J connectivity index is 1.96. The van der Waals surface area contributed by atoms with E-state index in [0.717, 1.165) is 11.1 Å². The van der Waals surface area contributed by atoms with E-state index in [-0.39, 0.29) is 0 Å². The van der Waals surface area contributed by atoms with Crippen LogP contribution in [0.15, 0.2) is 53.7 Å². The van der Waals surface area contributed by atoms with Crippen LogP contribution in [0.2, 0.25) is 5.02 Å². The minimum Gasteiger partial charge on any atom is -0.496 e. The third kappa shape index (κ3) is 3.73. The van der Waals surface area contributed by atoms with Crippen LogP contribution >= 0.6 is 11.6 Å². The molecule has 0 unspecified atom stereocenters. The zero-order valence-electron chi connectivity index (χ0n) is 10.5. The molecule has 0 atom stereocenters. The zero-order valence-corrected chi connectivity index (χ0v) is 11.2. The lowest BCUT2D eigenvalue weighted by Crippen LogP contribution is -1.92. The zero-order chi connectivity index (χ0) is 13.5. The lowest BCUT2D eigenvalue weighted by atomic mass is 10.2. The Morgan fingerprint density at radius 3 is 2.63 bits per heavy atom. The molecule has 2 aromatic rings. The van der Waals surface area contributed by atoms with Crippen molar-refractivity contribution in [2.75, 3.05) is 7.11 Å². The van der Waals surface area contributed by atoms with Gasteiger partial charge in [0.05, 0.1) is 7.11 Å². The highest BCUT2D eigenvalue weighted by atomic mass is 35.5. The van der Waals surface area contributed by atoms with E-state index in [1.54, 1.807) is 7.11 Å². The van der Waals surface area contributed by atoms with Crippen molar-refractivity contribution in [2.45, 2.75) is 6.61 Å². The lowest BCUT2D eigenvalue weighted by Gasteiger charge is -2.03. The van der Waals surface area contributed by atoms with Crippen LogP contribution in [0, 0.1) is 0 Å². The van der Waals surface area contributed by atoms with Crippen molar-refractivity contribution >= 4 is 17.8 Å². The number of para-hydroxylation sites is 1. The van der Waals surface area contributed by atoms with Crippen molar-refractivity contribution in [3.8, 4) is 5.75 Å². The predicted molar refractivity (Wildman–Crippen MR) is 75.8 cm³/mol. The average Bonchev–Trinajstić information content (AvgIpc) is 2.45. The van der Waals surface area contributed by atoms with Gasteiger partial charge in [-0.1, -0.05) is 47.1 Å². The molecule has 2 rings (SSSR count). The van der Waals surface area contributed by atoms with Crippen molar-refractivity contribution in [1.82, 2.24) is 0 Å². The molecule has 0 aromatic heterocycles. The van der Waals surface area contributed by atoms with E-state index >= 15 is 0 Å². The van der Waals surface area contributed by atoms with E-state index in [0.29, 0.717) is 17.4 Å². The number of nitrogens with zero attached hydrogens (tertiary/aromatic N) is 1. The molecule has 0 aliphatic rings. The van der Waals surface area contributed by atoms with E-state index in [2.05, 4.69) is 11.4 Å². The molecule has 0 heterocycles. The minimum atomic E-state index is 0.307. The first-order valence-electron chi connectivity index (χ1n) is 5.75. The Kier molecular flexibility index (Phi) is 4.81. The average molecular weight is 275 g/mol. The molecule has 0 aliphatic carbocycles. The van der Waals surface area contributed by atoms with Gasteiger partial charge in [-0.15, -0.1) is 0 Å². The van der Waals surface area contributed by atoms with Crippen molar-refractivity contribution in [1.29, 1.82) is 0 Å². The topological polar surface area (TPSA) is 30.8 Å². The standard InChI is InChI=1S/C15H13ClNO2/c1-18-15-9-5-3-6-12(15)10-17-19-11-13-7-2-4-8-14(13)16/h2-9H,11H2,1H3. The summed E-state index contributed by atoms with van der Waals surface area (Å²) < 4.78 is 5.18. The minimum absolute atomic E-state index is 0.307. The second-order valence-electron chi connectivity index (χ2n) is 3.77. The van der Waals surface area contributed by atoms with E-state index in [4.69, 9.17) is 21.2 Å². The molecule has 0 fully saturated rings. The second-order valence-corrected chi connectivity index (χ2v) is 4.18. The van der Waals surface area contributed by atoms with E-state index in [9.17, 15) is 0 Å². The Morgan fingerprint density at radius 1 is 1.11 bits per heavy atom. The van der Waals surface area contributed by atoms with E-state index in [1.165, 1.54) is 0 Å². The summed E-state index contributed by atoms with van der Waals surface area (Å²) >= 11 is 6.01. The molecule has 0 aliphatic heterocycles. The van der Waals surface area contributed by atoms with Crippen molar-refractivity contribution < 1.29 is 9.57 Å². The Hall–Kier alpha value is -2.00. The third-order valence-electron chi connectivity index (χ3n) is 2.52. The number of ether oxygens (including phenoxy) is 1. The number of hydrogen-bond donors (Lipinski definition) is 0. The summed E-state index contributed by atoms with van der Waals surface area (Å²) in [5, 5.41) is 4.46. The van der Waals surface area contributed by atoms with E-state index < -0.39 is 0 Å². The number of methoxy groups -OCH3 is 1. The van der Waals surface area contributed by atoms with Crippen LogP contribution in [-0.4, -0.2) is 13.3 Å². The van der Waals surface area contributed by atoms with Gasteiger partial charge in [0, 0.05) is 16.1 Å². The summed E-state index contributed by atoms with van der Waals surface area (Å²) in [5.74, 6) is 0.701. The lowest BCUT2D eigenvalue weighted by molar-refractivity contribution is 0.132. The van der Waals surface area contributed by atoms with Crippen LogP contribution < -0.4 is 4.74 Å². The summed E-state index contributed by atoms with van der Waals surface area (Å²) in [4.78, 5) is 5.18. The van der Waals surface area contributed by atoms with Crippen molar-refractivity contribution in [3.63, 3.8) is 0 Å². The SMILES string of the molecule is COc1ccccc1/[C]=N\OCc1ccccc1Cl. The van der Waals surface area contributed by atoms with Crippen LogP contribution in [0.5, 0.6) is 5.75 Å². The first kappa shape index (κ1) is 13.4. The number of rotatable bonds is 5. The molecule has 0 saturated carbocycles. The monoisotopic (exact) mass is 274 g/mol. The smallest absolute Gasteiger partial charge is 0.143 e. The molecule has 0 spiro atoms. The molecular weight excluding hydrogens is 262 g/mol. The van der Waals surface area contributed by atoms with Crippen LogP contribution in [0.1, 0.15) is 11.1 Å². The van der Waals surface area contributed by atoms with Gasteiger partial charge in [-0.3, -0.25) is 0 Å². The third-order valence-corrected chi connectivity index (χ3v) is 2.88. The second kappa shape index (κ2) is 6.81. The highest BCUT2D eigenvalue weighted by Gasteiger charge is 2.00. The number of benzene rings is 2. The van der Waals surface area contributed by atoms with Crippen molar-refractivity contribution in [3.05, 3.63) is 64.7 Å². The normalized spacial score (nSPS) is 10.6. The quantitative estimate of drug-likeness (QED) is 0.614. The van der Waals surface area contributed by atoms with Crippen LogP contribution in [0.4, 0.5) is 0 Å². The maximum atomic E-state index is 6.01. The van der Waals surface area contributed by atoms with Gasteiger partial charge in [0.1, 0.15) is 18.6 Å². The first-order chi connectivity index (χ1) is 9.31. The molecule has 0 N–H and O–H groups in total. The summed E-state index contributed by atoms with van der Waals surface area (Å²) in [6.45, 7) is 0.307. The molecule has 0 bridgehead atoms. The predicted octanol–water partition coefficient (Wildman–Crippen LogP) is 3.78. The molecule has 0 saturated heterocycles. The van der Waals surface area contributed by atoms with Crippen LogP contribution in [-0.2, 0) is 11.4 Å². The molecule has 97 valence electrons. The highest BCUT2D eigenvalue weighted by Crippen LogP contribution is 2.17. The Labute approximate surface area is 117 Å². The van der Waals surface area contributed by atoms with Gasteiger partial charge in [-0.2, -0.15) is 0 Å². The molecule has 0 amide bonds. The first-order valence-corrected chi connectivity index (χ1v) is 6.13. The van der Waals surface area contributed by atoms with Gasteiger partial charge in [-0.05, 0) is 18.2 Å². The fraction of sp³-hybridized carbons (Fsp3) is 0.133. The van der Waals surface area contributed by atoms with Gasteiger partial charge in [0.15, 0.2) is 0 Å². The molecule has 3 nitrogen and oxygen atoms in total. The van der Waals surface area contributed by atoms with Gasteiger partial charge < -0.3 is 9.57 Å². The maximum absolute atomic E-state index is 6.01. The van der Waals surface area contributed by atoms with Gasteiger partial charge in [0.2, 0.25) is 0 Å². The summed E-state index contributed by atoms with van der Waals surface area (Å²) in [5.41, 5.74) is 1.62. The summed E-state index contributed by atoms with van der Waals surface area (Å²) in [7, 11) is 1.60. The maximum Gasteiger partial charge on any atom is 0.143 e. The van der Waals surface area contributed by atoms with E-state index in [1.807, 2.05) is 48.5 Å². The van der Waals surface area contributed by atoms with Gasteiger partial charge >= 0.3 is 0 Å². The Bertz CT molecular complexity index is 570. The Morgan fingerprint density at radius 2 is 1.84 bits per heavy atom. The van der Waals surface area contributed by atoms with Crippen molar-refractivity contribution in [2.24, 2.45) is 5.16 Å². The van der Waals surface area contributed by atoms with Gasteiger partial charge in [0.25, 0.3) is 0 Å². The fourth-order valence-corrected chi connectivity index (χ4v) is 1.73. The fourth-order valence-electron chi connectivity index (χ4n) is 1.54. The molecular formula is C15H13ClNO2. The van der Waals surface area contributed by atoms with Gasteiger partial charge in [-0.25, -0.2) is 0 Å². The van der Waals surface area contributed by atoms with Crippen LogP contribution in [0.25, 0.3) is 0 Å². The summed E-state index contributed by atoms with van der Waals surface area (Å²) in [6, 6.07) is 14.9. The summed E-state index contributed by atoms with van der Waals surface area (Å²) in [6.07, 6.45) is 2.79. The highest BCUT2D eigenvalue weighted by molar-refractivity contribution is 6.31. The molecule has 1 radical (unpaired) electrons.